The summed E-state index contributed by atoms with van der Waals surface area (Å²) in [6.45, 7) is 3.58. The molecule has 0 aliphatic heterocycles. The van der Waals surface area contributed by atoms with E-state index < -0.39 is 11.2 Å². The zero-order chi connectivity index (χ0) is 11.4. The van der Waals surface area contributed by atoms with Crippen LogP contribution in [0.15, 0.2) is 30.9 Å². The Morgan fingerprint density at radius 1 is 1.40 bits per heavy atom. The molecule has 0 radical (unpaired) electrons. The second-order valence-corrected chi connectivity index (χ2v) is 4.24. The third-order valence-corrected chi connectivity index (χ3v) is 3.02. The average molecular weight is 264 g/mol. The maximum Gasteiger partial charge on any atom is 0.229 e. The van der Waals surface area contributed by atoms with Crippen molar-refractivity contribution in [3.63, 3.8) is 0 Å². The van der Waals surface area contributed by atoms with Gasteiger partial charge in [-0.3, -0.25) is 4.79 Å². The molecule has 0 heterocycles. The van der Waals surface area contributed by atoms with Crippen molar-refractivity contribution in [1.29, 1.82) is 0 Å². The molecule has 0 fully saturated rings. The molecule has 0 N–H and O–H groups in total. The highest BCUT2D eigenvalue weighted by atomic mass is 35.5. The van der Waals surface area contributed by atoms with E-state index in [1.165, 1.54) is 0 Å². The number of hydrogen-bond donors (Lipinski definition) is 0. The van der Waals surface area contributed by atoms with Crippen LogP contribution in [0.3, 0.4) is 0 Å². The standard InChI is InChI=1S/C11H9Cl3O/c1-2-3-8(11(14)15)7-4-5-9(12)10(13)6-7/h2,4-6,8H,1,3H2/t8-/m0/s1. The van der Waals surface area contributed by atoms with Crippen LogP contribution in [0.2, 0.25) is 10.0 Å². The highest BCUT2D eigenvalue weighted by Gasteiger charge is 2.17. The van der Waals surface area contributed by atoms with E-state index in [-0.39, 0.29) is 0 Å². The van der Waals surface area contributed by atoms with Gasteiger partial charge < -0.3 is 0 Å². The van der Waals surface area contributed by atoms with E-state index in [1.54, 1.807) is 24.3 Å². The largest absolute Gasteiger partial charge is 0.281 e. The van der Waals surface area contributed by atoms with Crippen LogP contribution < -0.4 is 0 Å². The minimum Gasteiger partial charge on any atom is -0.281 e. The van der Waals surface area contributed by atoms with E-state index in [1.807, 2.05) is 0 Å². The Morgan fingerprint density at radius 3 is 2.53 bits per heavy atom. The first-order valence-corrected chi connectivity index (χ1v) is 5.45. The fraction of sp³-hybridized carbons (Fsp3) is 0.182. The van der Waals surface area contributed by atoms with Crippen LogP contribution >= 0.6 is 34.8 Å². The Labute approximate surface area is 104 Å². The summed E-state index contributed by atoms with van der Waals surface area (Å²) < 4.78 is 0. The fourth-order valence-corrected chi connectivity index (χ4v) is 1.78. The maximum absolute atomic E-state index is 11.2. The van der Waals surface area contributed by atoms with E-state index in [0.717, 1.165) is 5.56 Å². The number of carbonyl (C=O) groups is 1. The van der Waals surface area contributed by atoms with E-state index >= 15 is 0 Å². The lowest BCUT2D eigenvalue weighted by Gasteiger charge is -2.11. The monoisotopic (exact) mass is 262 g/mol. The Kier molecular flexibility index (Phi) is 4.65. The second-order valence-electron chi connectivity index (χ2n) is 3.05. The van der Waals surface area contributed by atoms with Gasteiger partial charge in [-0.05, 0) is 35.7 Å². The molecule has 0 aromatic heterocycles. The van der Waals surface area contributed by atoms with Gasteiger partial charge in [0.2, 0.25) is 5.24 Å². The van der Waals surface area contributed by atoms with Crippen LogP contribution in [0.25, 0.3) is 0 Å². The predicted molar refractivity (Wildman–Crippen MR) is 64.9 cm³/mol. The molecule has 0 aliphatic carbocycles. The summed E-state index contributed by atoms with van der Waals surface area (Å²) in [4.78, 5) is 11.2. The van der Waals surface area contributed by atoms with Crippen molar-refractivity contribution in [3.8, 4) is 0 Å². The zero-order valence-electron chi connectivity index (χ0n) is 7.84. The van der Waals surface area contributed by atoms with Crippen LogP contribution in [0.5, 0.6) is 0 Å². The molecule has 1 aromatic rings. The number of rotatable bonds is 4. The normalized spacial score (nSPS) is 12.2. The van der Waals surface area contributed by atoms with Gasteiger partial charge in [0.1, 0.15) is 0 Å². The van der Waals surface area contributed by atoms with Gasteiger partial charge in [0.25, 0.3) is 0 Å². The van der Waals surface area contributed by atoms with Crippen molar-refractivity contribution in [3.05, 3.63) is 46.5 Å². The molecule has 15 heavy (non-hydrogen) atoms. The Morgan fingerprint density at radius 2 is 2.07 bits per heavy atom. The summed E-state index contributed by atoms with van der Waals surface area (Å²) in [5.41, 5.74) is 0.754. The van der Waals surface area contributed by atoms with Crippen LogP contribution in [0, 0.1) is 0 Å². The van der Waals surface area contributed by atoms with Crippen LogP contribution in [-0.2, 0) is 4.79 Å². The Bertz CT molecular complexity index is 387. The minimum atomic E-state index is -0.423. The molecule has 0 bridgehead atoms. The zero-order valence-corrected chi connectivity index (χ0v) is 10.1. The summed E-state index contributed by atoms with van der Waals surface area (Å²) >= 11 is 17.1. The fourth-order valence-electron chi connectivity index (χ4n) is 1.26. The molecule has 0 spiro atoms. The first-order valence-electron chi connectivity index (χ1n) is 4.31. The van der Waals surface area contributed by atoms with Gasteiger partial charge >= 0.3 is 0 Å². The molecule has 0 aliphatic rings. The predicted octanol–water partition coefficient (Wildman–Crippen LogP) is 4.42. The summed E-state index contributed by atoms with van der Waals surface area (Å²) in [6.07, 6.45) is 2.13. The lowest BCUT2D eigenvalue weighted by atomic mass is 9.97. The van der Waals surface area contributed by atoms with Gasteiger partial charge in [0, 0.05) is 0 Å². The van der Waals surface area contributed by atoms with E-state index in [4.69, 9.17) is 34.8 Å². The molecule has 1 aromatic carbocycles. The van der Waals surface area contributed by atoms with Gasteiger partial charge in [0.15, 0.2) is 0 Å². The van der Waals surface area contributed by atoms with E-state index in [2.05, 4.69) is 6.58 Å². The van der Waals surface area contributed by atoms with Crippen molar-refractivity contribution < 1.29 is 4.79 Å². The van der Waals surface area contributed by atoms with Crippen molar-refractivity contribution in [1.82, 2.24) is 0 Å². The first kappa shape index (κ1) is 12.6. The smallest absolute Gasteiger partial charge is 0.229 e. The average Bonchev–Trinajstić information content (AvgIpc) is 2.18. The van der Waals surface area contributed by atoms with Gasteiger partial charge in [0.05, 0.1) is 16.0 Å². The van der Waals surface area contributed by atoms with Gasteiger partial charge in [-0.25, -0.2) is 0 Å². The SMILES string of the molecule is C=CC[C@H](C(=O)Cl)c1ccc(Cl)c(Cl)c1. The van der Waals surface area contributed by atoms with Gasteiger partial charge in [-0.1, -0.05) is 35.3 Å². The number of carbonyl (C=O) groups excluding carboxylic acids is 1. The molecule has 0 saturated heterocycles. The molecule has 0 amide bonds. The van der Waals surface area contributed by atoms with Crippen LogP contribution in [-0.4, -0.2) is 5.24 Å². The van der Waals surface area contributed by atoms with E-state index in [9.17, 15) is 4.79 Å². The van der Waals surface area contributed by atoms with Crippen molar-refractivity contribution in [2.45, 2.75) is 12.3 Å². The van der Waals surface area contributed by atoms with E-state index in [0.29, 0.717) is 16.5 Å². The molecule has 0 saturated carbocycles. The molecule has 80 valence electrons. The van der Waals surface area contributed by atoms with Crippen molar-refractivity contribution in [2.75, 3.05) is 0 Å². The third-order valence-electron chi connectivity index (χ3n) is 2.02. The number of allylic oxidation sites excluding steroid dienone is 1. The number of hydrogen-bond acceptors (Lipinski definition) is 1. The molecule has 0 unspecified atom stereocenters. The summed E-state index contributed by atoms with van der Waals surface area (Å²) in [5.74, 6) is -0.404. The first-order chi connectivity index (χ1) is 7.06. The van der Waals surface area contributed by atoms with Gasteiger partial charge in [-0.2, -0.15) is 0 Å². The lowest BCUT2D eigenvalue weighted by molar-refractivity contribution is -0.112. The lowest BCUT2D eigenvalue weighted by Crippen LogP contribution is -2.05. The summed E-state index contributed by atoms with van der Waals surface area (Å²) in [5, 5.41) is 0.453. The topological polar surface area (TPSA) is 17.1 Å². The molecule has 4 heteroatoms. The van der Waals surface area contributed by atoms with Crippen molar-refractivity contribution >= 4 is 40.0 Å². The summed E-state index contributed by atoms with van der Waals surface area (Å²) in [7, 11) is 0. The second kappa shape index (κ2) is 5.55. The molecular formula is C11H9Cl3O. The highest BCUT2D eigenvalue weighted by Crippen LogP contribution is 2.29. The minimum absolute atomic E-state index is 0.404. The Hall–Kier alpha value is -0.500. The maximum atomic E-state index is 11.2. The number of benzene rings is 1. The Balaban J connectivity index is 3.06. The molecule has 1 atom stereocenters. The quantitative estimate of drug-likeness (QED) is 0.580. The third kappa shape index (κ3) is 3.23. The summed E-state index contributed by atoms with van der Waals surface area (Å²) in [6, 6.07) is 5.04. The molecule has 1 rings (SSSR count). The van der Waals surface area contributed by atoms with Gasteiger partial charge in [-0.15, -0.1) is 6.58 Å². The number of halogens is 3. The molecule has 1 nitrogen and oxygen atoms in total. The van der Waals surface area contributed by atoms with Crippen molar-refractivity contribution in [2.24, 2.45) is 0 Å². The highest BCUT2D eigenvalue weighted by molar-refractivity contribution is 6.64. The molecular weight excluding hydrogens is 254 g/mol. The van der Waals surface area contributed by atoms with Crippen LogP contribution in [0.4, 0.5) is 0 Å². The van der Waals surface area contributed by atoms with Crippen LogP contribution in [0.1, 0.15) is 17.9 Å².